The minimum atomic E-state index is -4.75. The van der Waals surface area contributed by atoms with E-state index in [4.69, 9.17) is 30.0 Å². The van der Waals surface area contributed by atoms with Gasteiger partial charge in [-0.25, -0.2) is 9.13 Å². The van der Waals surface area contributed by atoms with Crippen molar-refractivity contribution < 1.29 is 52.7 Å². The molecule has 0 aromatic heterocycles. The molecule has 0 heterocycles. The van der Waals surface area contributed by atoms with Crippen molar-refractivity contribution in [1.29, 1.82) is 0 Å². The normalized spacial score (nSPS) is 18.8. The summed E-state index contributed by atoms with van der Waals surface area (Å²) in [4.78, 5) is 25.7. The molecule has 19 heavy (non-hydrogen) atoms. The SMILES string of the molecule is O=P(O)(O)OCC(O)COP(=O)(O)OCC(O)CO. The first kappa shape index (κ1) is 19.1. The summed E-state index contributed by atoms with van der Waals surface area (Å²) in [5.41, 5.74) is 0. The van der Waals surface area contributed by atoms with E-state index in [9.17, 15) is 9.13 Å². The maximum absolute atomic E-state index is 11.2. The van der Waals surface area contributed by atoms with Gasteiger partial charge in [0.2, 0.25) is 0 Å². The number of phosphoric acid groups is 2. The summed E-state index contributed by atoms with van der Waals surface area (Å²) in [5, 5.41) is 26.4. The Morgan fingerprint density at radius 3 is 1.68 bits per heavy atom. The van der Waals surface area contributed by atoms with Gasteiger partial charge in [-0.1, -0.05) is 0 Å². The van der Waals surface area contributed by atoms with Gasteiger partial charge in [0, 0.05) is 0 Å². The molecule has 0 amide bonds. The van der Waals surface area contributed by atoms with Crippen LogP contribution in [0.5, 0.6) is 0 Å². The summed E-state index contributed by atoms with van der Waals surface area (Å²) < 4.78 is 33.9. The van der Waals surface area contributed by atoms with Gasteiger partial charge in [-0.05, 0) is 0 Å². The highest BCUT2D eigenvalue weighted by Gasteiger charge is 2.25. The van der Waals surface area contributed by atoms with Gasteiger partial charge in [-0.15, -0.1) is 0 Å². The molecule has 0 radical (unpaired) electrons. The highest BCUT2D eigenvalue weighted by Crippen LogP contribution is 2.43. The topological polar surface area (TPSA) is 183 Å². The lowest BCUT2D eigenvalue weighted by molar-refractivity contribution is 0.0157. The maximum atomic E-state index is 11.2. The molecule has 0 aliphatic rings. The van der Waals surface area contributed by atoms with Crippen LogP contribution in [0.25, 0.3) is 0 Å². The van der Waals surface area contributed by atoms with Crippen molar-refractivity contribution in [3.05, 3.63) is 0 Å². The Kier molecular flexibility index (Phi) is 8.45. The average molecular weight is 326 g/mol. The minimum Gasteiger partial charge on any atom is -0.394 e. The van der Waals surface area contributed by atoms with Gasteiger partial charge in [0.1, 0.15) is 12.2 Å². The third-order valence-electron chi connectivity index (χ3n) is 1.51. The summed E-state index contributed by atoms with van der Waals surface area (Å²) in [5.74, 6) is 0. The molecule has 116 valence electrons. The Morgan fingerprint density at radius 2 is 1.26 bits per heavy atom. The van der Waals surface area contributed by atoms with Crippen molar-refractivity contribution >= 4 is 15.6 Å². The maximum Gasteiger partial charge on any atom is 0.472 e. The smallest absolute Gasteiger partial charge is 0.394 e. The summed E-state index contributed by atoms with van der Waals surface area (Å²) >= 11 is 0. The van der Waals surface area contributed by atoms with E-state index in [1.807, 2.05) is 0 Å². The monoisotopic (exact) mass is 326 g/mol. The van der Waals surface area contributed by atoms with Crippen LogP contribution in [0.4, 0.5) is 0 Å². The molecule has 11 nitrogen and oxygen atoms in total. The fourth-order valence-electron chi connectivity index (χ4n) is 0.682. The van der Waals surface area contributed by atoms with E-state index in [-0.39, 0.29) is 0 Å². The second-order valence-corrected chi connectivity index (χ2v) is 6.03. The van der Waals surface area contributed by atoms with Gasteiger partial charge in [-0.3, -0.25) is 13.6 Å². The highest BCUT2D eigenvalue weighted by molar-refractivity contribution is 7.47. The number of rotatable bonds is 10. The molecule has 0 spiro atoms. The molecular weight excluding hydrogens is 310 g/mol. The average Bonchev–Trinajstić information content (AvgIpc) is 2.30. The van der Waals surface area contributed by atoms with Crippen molar-refractivity contribution in [2.75, 3.05) is 26.4 Å². The molecule has 0 saturated heterocycles. The molecule has 0 fully saturated rings. The van der Waals surface area contributed by atoms with Gasteiger partial charge in [0.05, 0.1) is 26.4 Å². The Morgan fingerprint density at radius 1 is 0.842 bits per heavy atom. The molecule has 6 N–H and O–H groups in total. The second kappa shape index (κ2) is 8.40. The molecule has 0 rings (SSSR count). The molecule has 0 aromatic carbocycles. The summed E-state index contributed by atoms with van der Waals surface area (Å²) in [6.45, 7) is -2.95. The standard InChI is InChI=1S/C6H16O11P2/c7-1-5(8)2-16-19(13,14)17-4-6(9)3-15-18(10,11)12/h5-9H,1-4H2,(H,13,14)(H2,10,11,12). The predicted octanol–water partition coefficient (Wildman–Crippen LogP) is -2.06. The van der Waals surface area contributed by atoms with Crippen LogP contribution in [-0.2, 0) is 22.7 Å². The van der Waals surface area contributed by atoms with Crippen LogP contribution < -0.4 is 0 Å². The predicted molar refractivity (Wildman–Crippen MR) is 58.8 cm³/mol. The lowest BCUT2D eigenvalue weighted by Crippen LogP contribution is -2.22. The Labute approximate surface area is 108 Å². The van der Waals surface area contributed by atoms with E-state index in [0.717, 1.165) is 0 Å². The van der Waals surface area contributed by atoms with Crippen LogP contribution in [-0.4, -0.2) is 68.6 Å². The zero-order valence-corrected chi connectivity index (χ0v) is 11.4. The van der Waals surface area contributed by atoms with Gasteiger partial charge in [-0.2, -0.15) is 0 Å². The molecule has 13 heteroatoms. The lowest BCUT2D eigenvalue weighted by atomic mass is 10.4. The van der Waals surface area contributed by atoms with E-state index >= 15 is 0 Å². The molecule has 0 aliphatic carbocycles. The van der Waals surface area contributed by atoms with E-state index in [1.165, 1.54) is 0 Å². The van der Waals surface area contributed by atoms with Crippen LogP contribution in [0.2, 0.25) is 0 Å². The lowest BCUT2D eigenvalue weighted by Gasteiger charge is -2.16. The van der Waals surface area contributed by atoms with E-state index in [1.54, 1.807) is 0 Å². The highest BCUT2D eigenvalue weighted by atomic mass is 31.2. The summed E-state index contributed by atoms with van der Waals surface area (Å²) in [6.07, 6.45) is -2.94. The first-order valence-corrected chi connectivity index (χ1v) is 7.87. The Balaban J connectivity index is 3.96. The fourth-order valence-corrected chi connectivity index (χ4v) is 1.84. The van der Waals surface area contributed by atoms with Crippen LogP contribution in [0.1, 0.15) is 0 Å². The second-order valence-electron chi connectivity index (χ2n) is 3.34. The van der Waals surface area contributed by atoms with E-state index < -0.39 is 54.3 Å². The van der Waals surface area contributed by atoms with Crippen LogP contribution in [0.15, 0.2) is 0 Å². The van der Waals surface area contributed by atoms with Gasteiger partial charge in [0.15, 0.2) is 0 Å². The molecule has 0 saturated carbocycles. The third kappa shape index (κ3) is 11.6. The van der Waals surface area contributed by atoms with Crippen molar-refractivity contribution in [3.8, 4) is 0 Å². The molecular formula is C6H16O11P2. The van der Waals surface area contributed by atoms with Crippen molar-refractivity contribution in [3.63, 3.8) is 0 Å². The quantitative estimate of drug-likeness (QED) is 0.243. The van der Waals surface area contributed by atoms with Gasteiger partial charge < -0.3 is 30.0 Å². The molecule has 0 aliphatic heterocycles. The number of phosphoric ester groups is 2. The largest absolute Gasteiger partial charge is 0.472 e. The molecule has 3 unspecified atom stereocenters. The van der Waals surface area contributed by atoms with E-state index in [2.05, 4.69) is 13.6 Å². The van der Waals surface area contributed by atoms with Crippen LogP contribution in [0.3, 0.4) is 0 Å². The number of hydrogen-bond donors (Lipinski definition) is 6. The van der Waals surface area contributed by atoms with Crippen molar-refractivity contribution in [2.45, 2.75) is 12.2 Å². The van der Waals surface area contributed by atoms with Crippen molar-refractivity contribution in [1.82, 2.24) is 0 Å². The summed E-state index contributed by atoms with van der Waals surface area (Å²) in [7, 11) is -9.31. The first-order valence-electron chi connectivity index (χ1n) is 4.84. The third-order valence-corrected chi connectivity index (χ3v) is 2.94. The Bertz CT molecular complexity index is 340. The number of aliphatic hydroxyl groups excluding tert-OH is 3. The van der Waals surface area contributed by atoms with Gasteiger partial charge in [0.25, 0.3) is 0 Å². The van der Waals surface area contributed by atoms with Crippen molar-refractivity contribution in [2.24, 2.45) is 0 Å². The molecule has 0 aromatic rings. The minimum absolute atomic E-state index is 0.667. The Hall–Kier alpha value is 0.1000. The summed E-state index contributed by atoms with van der Waals surface area (Å²) in [6, 6.07) is 0. The zero-order chi connectivity index (χ0) is 15.1. The molecule has 3 atom stereocenters. The molecule has 0 bridgehead atoms. The first-order chi connectivity index (χ1) is 8.56. The van der Waals surface area contributed by atoms with Gasteiger partial charge >= 0.3 is 15.6 Å². The van der Waals surface area contributed by atoms with E-state index in [0.29, 0.717) is 0 Å². The number of aliphatic hydroxyl groups is 3. The number of hydrogen-bond acceptors (Lipinski definition) is 8. The fraction of sp³-hybridized carbons (Fsp3) is 1.00. The zero-order valence-electron chi connectivity index (χ0n) is 9.60. The van der Waals surface area contributed by atoms with Crippen LogP contribution in [0, 0.1) is 0 Å². The van der Waals surface area contributed by atoms with Crippen LogP contribution >= 0.6 is 15.6 Å².